The number of anilines is 1. The van der Waals surface area contributed by atoms with Crippen molar-refractivity contribution in [3.05, 3.63) is 29.6 Å². The topological polar surface area (TPSA) is 64.4 Å². The number of rotatable bonds is 3. The molecule has 0 atom stereocenters. The van der Waals surface area contributed by atoms with E-state index >= 15 is 0 Å². The van der Waals surface area contributed by atoms with Crippen molar-refractivity contribution in [2.75, 3.05) is 5.73 Å². The van der Waals surface area contributed by atoms with Crippen LogP contribution in [-0.4, -0.2) is 12.0 Å². The maximum absolute atomic E-state index is 13.4. The standard InChI is InChI=1S/C12H15FN2O2/c13-11-7-8(14)5-6-10(11)12(16)15-17-9-3-1-2-4-9/h5-7,9H,1-4,14H2,(H,15,16). The molecule has 2 rings (SSSR count). The van der Waals surface area contributed by atoms with Crippen molar-refractivity contribution in [2.24, 2.45) is 0 Å². The minimum Gasteiger partial charge on any atom is -0.399 e. The van der Waals surface area contributed by atoms with Gasteiger partial charge in [0.15, 0.2) is 0 Å². The molecule has 4 nitrogen and oxygen atoms in total. The van der Waals surface area contributed by atoms with Crippen LogP contribution in [0.5, 0.6) is 0 Å². The van der Waals surface area contributed by atoms with E-state index in [0.717, 1.165) is 31.7 Å². The van der Waals surface area contributed by atoms with Crippen molar-refractivity contribution in [2.45, 2.75) is 31.8 Å². The van der Waals surface area contributed by atoms with Gasteiger partial charge in [-0.1, -0.05) is 12.8 Å². The molecule has 0 aromatic heterocycles. The average Bonchev–Trinajstić information content (AvgIpc) is 2.78. The zero-order valence-corrected chi connectivity index (χ0v) is 9.41. The summed E-state index contributed by atoms with van der Waals surface area (Å²) in [5.74, 6) is -1.22. The van der Waals surface area contributed by atoms with E-state index in [1.165, 1.54) is 12.1 Å². The van der Waals surface area contributed by atoms with Crippen molar-refractivity contribution < 1.29 is 14.0 Å². The van der Waals surface area contributed by atoms with Crippen LogP contribution in [0.2, 0.25) is 0 Å². The van der Waals surface area contributed by atoms with Crippen LogP contribution in [0.1, 0.15) is 36.0 Å². The molecule has 0 unspecified atom stereocenters. The molecule has 1 aromatic rings. The molecule has 1 aliphatic rings. The van der Waals surface area contributed by atoms with Crippen molar-refractivity contribution in [1.82, 2.24) is 5.48 Å². The SMILES string of the molecule is Nc1ccc(C(=O)NOC2CCCC2)c(F)c1. The Morgan fingerprint density at radius 2 is 2.12 bits per heavy atom. The third-order valence-corrected chi connectivity index (χ3v) is 2.86. The van der Waals surface area contributed by atoms with Crippen molar-refractivity contribution in [1.29, 1.82) is 0 Å². The summed E-state index contributed by atoms with van der Waals surface area (Å²) in [7, 11) is 0. The summed E-state index contributed by atoms with van der Waals surface area (Å²) in [5.41, 5.74) is 7.91. The van der Waals surface area contributed by atoms with E-state index in [1.807, 2.05) is 0 Å². The predicted octanol–water partition coefficient (Wildman–Crippen LogP) is 2.01. The molecule has 1 amide bonds. The van der Waals surface area contributed by atoms with Gasteiger partial charge in [0.2, 0.25) is 0 Å². The monoisotopic (exact) mass is 238 g/mol. The summed E-state index contributed by atoms with van der Waals surface area (Å²) in [4.78, 5) is 16.8. The molecule has 1 fully saturated rings. The number of nitrogens with two attached hydrogens (primary N) is 1. The fourth-order valence-corrected chi connectivity index (χ4v) is 1.91. The van der Waals surface area contributed by atoms with E-state index in [2.05, 4.69) is 5.48 Å². The highest BCUT2D eigenvalue weighted by atomic mass is 19.1. The smallest absolute Gasteiger partial charge is 0.277 e. The first-order valence-electron chi connectivity index (χ1n) is 5.68. The summed E-state index contributed by atoms with van der Waals surface area (Å²) < 4.78 is 13.4. The van der Waals surface area contributed by atoms with Crippen LogP contribution in [0.4, 0.5) is 10.1 Å². The highest BCUT2D eigenvalue weighted by Gasteiger charge is 2.18. The van der Waals surface area contributed by atoms with Crippen LogP contribution in [-0.2, 0) is 4.84 Å². The Bertz CT molecular complexity index is 417. The summed E-state index contributed by atoms with van der Waals surface area (Å²) in [6.45, 7) is 0. The van der Waals surface area contributed by atoms with Gasteiger partial charge in [0.1, 0.15) is 5.82 Å². The third kappa shape index (κ3) is 2.94. The minimum atomic E-state index is -0.641. The maximum Gasteiger partial charge on any atom is 0.277 e. The summed E-state index contributed by atoms with van der Waals surface area (Å²) in [5, 5.41) is 0. The summed E-state index contributed by atoms with van der Waals surface area (Å²) in [6.07, 6.45) is 4.14. The number of hydrogen-bond donors (Lipinski definition) is 2. The predicted molar refractivity (Wildman–Crippen MR) is 61.6 cm³/mol. The van der Waals surface area contributed by atoms with E-state index in [-0.39, 0.29) is 17.4 Å². The largest absolute Gasteiger partial charge is 0.399 e. The Morgan fingerprint density at radius 1 is 1.41 bits per heavy atom. The highest BCUT2D eigenvalue weighted by Crippen LogP contribution is 2.20. The van der Waals surface area contributed by atoms with Crippen LogP contribution in [0.25, 0.3) is 0 Å². The number of nitrogen functional groups attached to an aromatic ring is 1. The van der Waals surface area contributed by atoms with Crippen LogP contribution in [0.15, 0.2) is 18.2 Å². The Morgan fingerprint density at radius 3 is 2.76 bits per heavy atom. The molecule has 92 valence electrons. The molecule has 0 spiro atoms. The van der Waals surface area contributed by atoms with Gasteiger partial charge in [-0.05, 0) is 31.0 Å². The molecule has 0 radical (unpaired) electrons. The second kappa shape index (κ2) is 5.14. The molecule has 1 aliphatic carbocycles. The van der Waals surface area contributed by atoms with Gasteiger partial charge in [-0.2, -0.15) is 0 Å². The van der Waals surface area contributed by atoms with Crippen LogP contribution in [0.3, 0.4) is 0 Å². The lowest BCUT2D eigenvalue weighted by Gasteiger charge is -2.11. The normalized spacial score (nSPS) is 16.1. The maximum atomic E-state index is 13.4. The molecule has 5 heteroatoms. The van der Waals surface area contributed by atoms with E-state index in [0.29, 0.717) is 0 Å². The Hall–Kier alpha value is -1.62. The molecular weight excluding hydrogens is 223 g/mol. The van der Waals surface area contributed by atoms with E-state index < -0.39 is 11.7 Å². The number of carbonyl (C=O) groups is 1. The number of halogens is 1. The van der Waals surface area contributed by atoms with Crippen molar-refractivity contribution in [3.8, 4) is 0 Å². The van der Waals surface area contributed by atoms with Crippen molar-refractivity contribution in [3.63, 3.8) is 0 Å². The third-order valence-electron chi connectivity index (χ3n) is 2.86. The van der Waals surface area contributed by atoms with Gasteiger partial charge >= 0.3 is 0 Å². The van der Waals surface area contributed by atoms with Gasteiger partial charge in [-0.3, -0.25) is 9.63 Å². The molecule has 1 saturated carbocycles. The second-order valence-corrected chi connectivity index (χ2v) is 4.19. The van der Waals surface area contributed by atoms with Crippen LogP contribution in [0, 0.1) is 5.82 Å². The van der Waals surface area contributed by atoms with E-state index in [4.69, 9.17) is 10.6 Å². The first-order chi connectivity index (χ1) is 8.16. The van der Waals surface area contributed by atoms with Crippen molar-refractivity contribution >= 4 is 11.6 Å². The zero-order chi connectivity index (χ0) is 12.3. The highest BCUT2D eigenvalue weighted by molar-refractivity contribution is 5.94. The minimum absolute atomic E-state index is 0.0517. The number of carbonyl (C=O) groups excluding carboxylic acids is 1. The molecule has 3 N–H and O–H groups in total. The molecular formula is C12H15FN2O2. The zero-order valence-electron chi connectivity index (χ0n) is 9.41. The van der Waals surface area contributed by atoms with Gasteiger partial charge in [-0.25, -0.2) is 9.87 Å². The number of amides is 1. The number of hydroxylamine groups is 1. The first kappa shape index (κ1) is 11.9. The quantitative estimate of drug-likeness (QED) is 0.625. The summed E-state index contributed by atoms with van der Waals surface area (Å²) >= 11 is 0. The van der Waals surface area contributed by atoms with Gasteiger partial charge in [0.25, 0.3) is 5.91 Å². The second-order valence-electron chi connectivity index (χ2n) is 4.19. The molecule has 17 heavy (non-hydrogen) atoms. The molecule has 0 bridgehead atoms. The molecule has 0 heterocycles. The Kier molecular flexibility index (Phi) is 3.58. The fourth-order valence-electron chi connectivity index (χ4n) is 1.91. The van der Waals surface area contributed by atoms with E-state index in [1.54, 1.807) is 0 Å². The van der Waals surface area contributed by atoms with Gasteiger partial charge < -0.3 is 5.73 Å². The summed E-state index contributed by atoms with van der Waals surface area (Å²) in [6, 6.07) is 3.94. The number of benzene rings is 1. The lowest BCUT2D eigenvalue weighted by atomic mass is 10.2. The van der Waals surface area contributed by atoms with Crippen LogP contribution < -0.4 is 11.2 Å². The van der Waals surface area contributed by atoms with Gasteiger partial charge in [0.05, 0.1) is 11.7 Å². The first-order valence-corrected chi connectivity index (χ1v) is 5.68. The van der Waals surface area contributed by atoms with Gasteiger partial charge in [-0.15, -0.1) is 0 Å². The number of hydrogen-bond acceptors (Lipinski definition) is 3. The van der Waals surface area contributed by atoms with Gasteiger partial charge in [0, 0.05) is 5.69 Å². The lowest BCUT2D eigenvalue weighted by molar-refractivity contribution is -0.0127. The lowest BCUT2D eigenvalue weighted by Crippen LogP contribution is -2.29. The average molecular weight is 238 g/mol. The fraction of sp³-hybridized carbons (Fsp3) is 0.417. The molecule has 1 aromatic carbocycles. The van der Waals surface area contributed by atoms with E-state index in [9.17, 15) is 9.18 Å². The number of nitrogens with one attached hydrogen (secondary N) is 1. The Balaban J connectivity index is 1.94. The Labute approximate surface area is 98.9 Å². The van der Waals surface area contributed by atoms with Crippen LogP contribution >= 0.6 is 0 Å². The molecule has 0 aliphatic heterocycles. The molecule has 0 saturated heterocycles.